The highest BCUT2D eigenvalue weighted by atomic mass is 32.2. The summed E-state index contributed by atoms with van der Waals surface area (Å²) in [4.78, 5) is 27.8. The van der Waals surface area contributed by atoms with Crippen LogP contribution in [0.1, 0.15) is 61.4 Å². The van der Waals surface area contributed by atoms with Crippen LogP contribution in [0.4, 0.5) is 5.69 Å². The summed E-state index contributed by atoms with van der Waals surface area (Å²) in [6.45, 7) is 5.12. The second-order valence-corrected chi connectivity index (χ2v) is 10.1. The predicted molar refractivity (Wildman–Crippen MR) is 124 cm³/mol. The second-order valence-electron chi connectivity index (χ2n) is 8.66. The van der Waals surface area contributed by atoms with Gasteiger partial charge in [0.25, 0.3) is 5.91 Å². The van der Waals surface area contributed by atoms with Crippen LogP contribution in [-0.4, -0.2) is 33.9 Å². The molecule has 0 bridgehead atoms. The Balaban J connectivity index is 1.37. The summed E-state index contributed by atoms with van der Waals surface area (Å²) in [7, 11) is 0. The van der Waals surface area contributed by atoms with Crippen molar-refractivity contribution in [1.29, 1.82) is 0 Å². The highest BCUT2D eigenvalue weighted by Crippen LogP contribution is 2.48. The maximum Gasteiger partial charge on any atom is 0.254 e. The molecule has 1 N–H and O–H groups in total. The fraction of sp³-hybridized carbons (Fsp3) is 0.440. The molecule has 2 aromatic rings. The van der Waals surface area contributed by atoms with Crippen LogP contribution in [0.2, 0.25) is 0 Å². The second kappa shape index (κ2) is 8.84. The normalized spacial score (nSPS) is 23.7. The number of thioether (sulfide) groups is 1. The molecule has 30 heavy (non-hydrogen) atoms. The molecule has 1 spiro atoms. The Morgan fingerprint density at radius 2 is 1.70 bits per heavy atom. The van der Waals surface area contributed by atoms with Crippen LogP contribution in [-0.2, 0) is 4.79 Å². The van der Waals surface area contributed by atoms with Gasteiger partial charge in [-0.05, 0) is 61.4 Å². The monoisotopic (exact) mass is 422 g/mol. The molecule has 2 amide bonds. The molecule has 1 aliphatic carbocycles. The maximum absolute atomic E-state index is 13.1. The number of carbonyl (C=O) groups is 2. The van der Waals surface area contributed by atoms with Crippen molar-refractivity contribution in [2.45, 2.75) is 50.3 Å². The van der Waals surface area contributed by atoms with Gasteiger partial charge in [-0.25, -0.2) is 0 Å². The third kappa shape index (κ3) is 4.27. The summed E-state index contributed by atoms with van der Waals surface area (Å²) in [5, 5.41) is 3.09. The van der Waals surface area contributed by atoms with Crippen molar-refractivity contribution in [2.24, 2.45) is 5.92 Å². The van der Waals surface area contributed by atoms with Gasteiger partial charge in [-0.15, -0.1) is 11.8 Å². The molecule has 2 fully saturated rings. The summed E-state index contributed by atoms with van der Waals surface area (Å²) in [5.74, 6) is 1.68. The Kier molecular flexibility index (Phi) is 6.19. The molecule has 1 saturated heterocycles. The van der Waals surface area contributed by atoms with Crippen molar-refractivity contribution in [2.75, 3.05) is 17.6 Å². The molecule has 1 aliphatic heterocycles. The van der Waals surface area contributed by atoms with Crippen molar-refractivity contribution in [3.8, 4) is 0 Å². The van der Waals surface area contributed by atoms with E-state index in [4.69, 9.17) is 0 Å². The summed E-state index contributed by atoms with van der Waals surface area (Å²) in [5.41, 5.74) is 2.89. The van der Waals surface area contributed by atoms with Crippen LogP contribution in [0.3, 0.4) is 0 Å². The summed E-state index contributed by atoms with van der Waals surface area (Å²) < 4.78 is 0. The van der Waals surface area contributed by atoms with Crippen molar-refractivity contribution >= 4 is 29.3 Å². The molecule has 0 unspecified atom stereocenters. The minimum atomic E-state index is -0.150. The van der Waals surface area contributed by atoms with E-state index in [1.807, 2.05) is 54.2 Å². The van der Waals surface area contributed by atoms with Gasteiger partial charge < -0.3 is 10.2 Å². The van der Waals surface area contributed by atoms with Gasteiger partial charge in [-0.1, -0.05) is 44.2 Å². The van der Waals surface area contributed by atoms with Crippen molar-refractivity contribution in [3.05, 3.63) is 65.7 Å². The predicted octanol–water partition coefficient (Wildman–Crippen LogP) is 5.52. The molecule has 158 valence electrons. The van der Waals surface area contributed by atoms with Gasteiger partial charge in [-0.3, -0.25) is 9.59 Å². The summed E-state index contributed by atoms with van der Waals surface area (Å²) in [6, 6.07) is 17.7. The quantitative estimate of drug-likeness (QED) is 0.705. The van der Waals surface area contributed by atoms with Crippen molar-refractivity contribution < 1.29 is 9.59 Å². The van der Waals surface area contributed by atoms with Gasteiger partial charge in [0.1, 0.15) is 0 Å². The third-order valence-electron chi connectivity index (χ3n) is 6.43. The van der Waals surface area contributed by atoms with E-state index in [0.29, 0.717) is 5.92 Å². The van der Waals surface area contributed by atoms with Gasteiger partial charge in [-0.2, -0.15) is 0 Å². The van der Waals surface area contributed by atoms with Crippen molar-refractivity contribution in [1.82, 2.24) is 4.90 Å². The highest BCUT2D eigenvalue weighted by molar-refractivity contribution is 8.00. The zero-order chi connectivity index (χ0) is 21.1. The zero-order valence-corrected chi connectivity index (χ0v) is 18.6. The number of amides is 2. The van der Waals surface area contributed by atoms with E-state index in [1.165, 1.54) is 5.56 Å². The van der Waals surface area contributed by atoms with Gasteiger partial charge in [0.05, 0.1) is 4.87 Å². The zero-order valence-electron chi connectivity index (χ0n) is 17.8. The minimum Gasteiger partial charge on any atom is -0.326 e. The number of anilines is 1. The van der Waals surface area contributed by atoms with Crippen LogP contribution in [0.15, 0.2) is 54.6 Å². The first-order valence-corrected chi connectivity index (χ1v) is 11.9. The van der Waals surface area contributed by atoms with Crippen LogP contribution in [0.5, 0.6) is 0 Å². The Bertz CT molecular complexity index is 887. The lowest BCUT2D eigenvalue weighted by Crippen LogP contribution is -2.48. The van der Waals surface area contributed by atoms with Crippen LogP contribution < -0.4 is 5.32 Å². The topological polar surface area (TPSA) is 49.4 Å². The fourth-order valence-corrected chi connectivity index (χ4v) is 6.08. The minimum absolute atomic E-state index is 0.00952. The van der Waals surface area contributed by atoms with Crippen LogP contribution in [0.25, 0.3) is 0 Å². The first-order chi connectivity index (χ1) is 14.5. The molecule has 1 saturated carbocycles. The summed E-state index contributed by atoms with van der Waals surface area (Å²) in [6.07, 6.45) is 3.39. The van der Waals surface area contributed by atoms with E-state index in [1.54, 1.807) is 0 Å². The standard InChI is InChI=1S/C25H30N2O2S/c1-18(2)19-8-10-22(11-9-19)26-23(28)20-12-14-25(15-13-20)27(16-17-30-25)24(29)21-6-4-3-5-7-21/h3-11,18,20H,12-17H2,1-2H3,(H,26,28). The third-order valence-corrected chi connectivity index (χ3v) is 7.98. The molecule has 0 radical (unpaired) electrons. The van der Waals surface area contributed by atoms with E-state index in [2.05, 4.69) is 36.2 Å². The average molecular weight is 423 g/mol. The molecule has 2 aliphatic rings. The van der Waals surface area contributed by atoms with E-state index in [-0.39, 0.29) is 22.6 Å². The van der Waals surface area contributed by atoms with E-state index in [0.717, 1.165) is 49.2 Å². The largest absolute Gasteiger partial charge is 0.326 e. The molecule has 0 atom stereocenters. The molecule has 2 aromatic carbocycles. The molecular formula is C25H30N2O2S. The number of nitrogens with zero attached hydrogens (tertiary/aromatic N) is 1. The van der Waals surface area contributed by atoms with Gasteiger partial charge in [0.2, 0.25) is 5.91 Å². The molecular weight excluding hydrogens is 392 g/mol. The SMILES string of the molecule is CC(C)c1ccc(NC(=O)C2CCC3(CC2)SCCN3C(=O)c2ccccc2)cc1. The molecule has 0 aromatic heterocycles. The molecule has 4 rings (SSSR count). The van der Waals surface area contributed by atoms with E-state index >= 15 is 0 Å². The number of nitrogens with one attached hydrogen (secondary N) is 1. The van der Waals surface area contributed by atoms with Crippen LogP contribution in [0, 0.1) is 5.92 Å². The smallest absolute Gasteiger partial charge is 0.254 e. The lowest BCUT2D eigenvalue weighted by Gasteiger charge is -2.42. The van der Waals surface area contributed by atoms with Gasteiger partial charge in [0.15, 0.2) is 0 Å². The first kappa shape index (κ1) is 21.0. The Morgan fingerprint density at radius 1 is 1.03 bits per heavy atom. The molecule has 5 heteroatoms. The fourth-order valence-electron chi connectivity index (χ4n) is 4.57. The molecule has 4 nitrogen and oxygen atoms in total. The summed E-state index contributed by atoms with van der Waals surface area (Å²) >= 11 is 1.89. The van der Waals surface area contributed by atoms with Crippen LogP contribution >= 0.6 is 11.8 Å². The number of hydrogen-bond acceptors (Lipinski definition) is 3. The van der Waals surface area contributed by atoms with E-state index < -0.39 is 0 Å². The highest BCUT2D eigenvalue weighted by Gasteiger charge is 2.47. The van der Waals surface area contributed by atoms with Crippen molar-refractivity contribution in [3.63, 3.8) is 0 Å². The van der Waals surface area contributed by atoms with E-state index in [9.17, 15) is 9.59 Å². The number of benzene rings is 2. The lowest BCUT2D eigenvalue weighted by atomic mass is 9.84. The van der Waals surface area contributed by atoms with Gasteiger partial charge >= 0.3 is 0 Å². The average Bonchev–Trinajstić information content (AvgIpc) is 3.17. The first-order valence-electron chi connectivity index (χ1n) is 10.9. The molecule has 1 heterocycles. The Morgan fingerprint density at radius 3 is 2.33 bits per heavy atom. The lowest BCUT2D eigenvalue weighted by molar-refractivity contribution is -0.121. The van der Waals surface area contributed by atoms with Gasteiger partial charge in [0, 0.05) is 29.5 Å². The number of rotatable bonds is 4. The number of carbonyl (C=O) groups excluding carboxylic acids is 2. The Labute approximate surface area is 183 Å². The Hall–Kier alpha value is -2.27. The number of hydrogen-bond donors (Lipinski definition) is 1. The maximum atomic E-state index is 13.1.